The quantitative estimate of drug-likeness (QED) is 0.0651. The van der Waals surface area contributed by atoms with Crippen LogP contribution in [-0.4, -0.2) is 8.07 Å². The van der Waals surface area contributed by atoms with E-state index in [0.717, 1.165) is 0 Å². The van der Waals surface area contributed by atoms with E-state index >= 15 is 0 Å². The number of fused-ring (bicyclic) bond motifs is 1. The van der Waals surface area contributed by atoms with Crippen LogP contribution in [-0.2, 0) is 21.7 Å². The lowest BCUT2D eigenvalue weighted by Gasteiger charge is -2.42. The Morgan fingerprint density at radius 1 is 0.364 bits per heavy atom. The molecule has 0 saturated carbocycles. The standard InChI is InChI=1S/C62H85NP2Si/c1-16-19-44-66(45-20-17-2,46-21-18-3)58-43-42-57(55-24-22-23-25-56(55)58)63(64(51-34-26-47(27-35-51)59(4,5)6)52-36-28-48(29-37-52)60(7,8)9)65(53-38-30-49(31-39-53)61(10,11)12)54-40-32-50(33-41-54)62(13,14)15/h22-43H,16-21,44-46H2,1-15H3. The molecule has 0 amide bonds. The zero-order valence-electron chi connectivity index (χ0n) is 43.9. The van der Waals surface area contributed by atoms with Crippen LogP contribution in [0.1, 0.15) is 165 Å². The molecule has 0 N–H and O–H groups in total. The molecule has 0 bridgehead atoms. The summed E-state index contributed by atoms with van der Waals surface area (Å²) >= 11 is 0. The Kier molecular flexibility index (Phi) is 16.8. The maximum absolute atomic E-state index is 2.97. The summed E-state index contributed by atoms with van der Waals surface area (Å²) in [5.74, 6) is 0. The van der Waals surface area contributed by atoms with E-state index in [0.29, 0.717) is 0 Å². The van der Waals surface area contributed by atoms with E-state index in [-0.39, 0.29) is 21.7 Å². The molecule has 1 nitrogen and oxygen atoms in total. The van der Waals surface area contributed by atoms with Crippen LogP contribution in [0.2, 0.25) is 18.1 Å². The highest BCUT2D eigenvalue weighted by molar-refractivity contribution is 7.90. The van der Waals surface area contributed by atoms with Crippen molar-refractivity contribution in [3.05, 3.63) is 156 Å². The Labute approximate surface area is 407 Å². The van der Waals surface area contributed by atoms with Crippen molar-refractivity contribution in [1.29, 1.82) is 0 Å². The summed E-state index contributed by atoms with van der Waals surface area (Å²) in [5.41, 5.74) is 7.07. The molecule has 6 aromatic carbocycles. The Hall–Kier alpha value is -3.54. The van der Waals surface area contributed by atoms with Gasteiger partial charge in [0.25, 0.3) is 0 Å². The lowest BCUT2D eigenvalue weighted by Crippen LogP contribution is -2.48. The van der Waals surface area contributed by atoms with Crippen LogP contribution in [0.3, 0.4) is 0 Å². The van der Waals surface area contributed by atoms with Gasteiger partial charge in [0.1, 0.15) is 0 Å². The van der Waals surface area contributed by atoms with Gasteiger partial charge in [0.05, 0.1) is 29.9 Å². The van der Waals surface area contributed by atoms with E-state index in [1.54, 1.807) is 5.19 Å². The fourth-order valence-electron chi connectivity index (χ4n) is 9.70. The maximum Gasteiger partial charge on any atom is 0.0875 e. The minimum Gasteiger partial charge on any atom is -0.312 e. The van der Waals surface area contributed by atoms with Crippen molar-refractivity contribution >= 4 is 67.1 Å². The fourth-order valence-corrected chi connectivity index (χ4v) is 21.5. The van der Waals surface area contributed by atoms with Gasteiger partial charge in [-0.05, 0) is 55.4 Å². The molecule has 0 aliphatic rings. The van der Waals surface area contributed by atoms with E-state index in [4.69, 9.17) is 0 Å². The predicted molar refractivity (Wildman–Crippen MR) is 304 cm³/mol. The Bertz CT molecular complexity index is 2200. The van der Waals surface area contributed by atoms with Gasteiger partial charge in [0, 0.05) is 26.6 Å². The molecule has 6 rings (SSSR count). The van der Waals surface area contributed by atoms with Crippen LogP contribution < -0.4 is 30.8 Å². The third-order valence-electron chi connectivity index (χ3n) is 14.0. The van der Waals surface area contributed by atoms with Crippen LogP contribution in [0.4, 0.5) is 5.69 Å². The number of hydrogen-bond acceptors (Lipinski definition) is 1. The molecule has 0 unspecified atom stereocenters. The zero-order chi connectivity index (χ0) is 48.1. The Morgan fingerprint density at radius 3 is 0.924 bits per heavy atom. The van der Waals surface area contributed by atoms with E-state index in [1.807, 2.05) is 0 Å². The molecular weight excluding hydrogens is 849 g/mol. The third kappa shape index (κ3) is 12.0. The normalized spacial score (nSPS) is 13.0. The summed E-state index contributed by atoms with van der Waals surface area (Å²) in [6.07, 6.45) is 7.74. The van der Waals surface area contributed by atoms with Gasteiger partial charge >= 0.3 is 0 Å². The highest BCUT2D eigenvalue weighted by Gasteiger charge is 2.38. The topological polar surface area (TPSA) is 3.24 Å². The van der Waals surface area contributed by atoms with Gasteiger partial charge in [0.2, 0.25) is 0 Å². The molecule has 66 heavy (non-hydrogen) atoms. The lowest BCUT2D eigenvalue weighted by atomic mass is 9.87. The van der Waals surface area contributed by atoms with E-state index < -0.39 is 24.2 Å². The minimum absolute atomic E-state index is 0.0568. The molecule has 0 saturated heterocycles. The molecule has 0 heterocycles. The van der Waals surface area contributed by atoms with Crippen molar-refractivity contribution in [3.8, 4) is 0 Å². The first-order valence-corrected chi connectivity index (χ1v) is 30.7. The second-order valence-corrected chi connectivity index (χ2v) is 32.4. The average Bonchev–Trinajstić information content (AvgIpc) is 3.28. The number of nitrogens with zero attached hydrogens (tertiary/aromatic N) is 1. The van der Waals surface area contributed by atoms with Crippen molar-refractivity contribution in [3.63, 3.8) is 0 Å². The molecule has 352 valence electrons. The number of unbranched alkanes of at least 4 members (excludes halogenated alkanes) is 3. The van der Waals surface area contributed by atoms with Gasteiger partial charge in [-0.3, -0.25) is 0 Å². The zero-order valence-corrected chi connectivity index (χ0v) is 46.7. The van der Waals surface area contributed by atoms with E-state index in [1.165, 1.54) is 117 Å². The molecule has 0 aliphatic heterocycles. The average molecular weight is 934 g/mol. The first-order chi connectivity index (χ1) is 31.1. The molecule has 4 heteroatoms. The third-order valence-corrected chi connectivity index (χ3v) is 24.9. The minimum atomic E-state index is -1.87. The highest BCUT2D eigenvalue weighted by Crippen LogP contribution is 2.59. The SMILES string of the molecule is CCCC[Si](CCCC)(CCCC)c1ccc(N(P(c2ccc(C(C)(C)C)cc2)c2ccc(C(C)(C)C)cc2)P(c2ccc(C(C)(C)C)cc2)c2ccc(C(C)(C)C)cc2)c2ccccc12. The van der Waals surface area contributed by atoms with Crippen LogP contribution in [0.15, 0.2) is 133 Å². The summed E-state index contributed by atoms with van der Waals surface area (Å²) in [6.45, 7) is 35.2. The van der Waals surface area contributed by atoms with Crippen molar-refractivity contribution in [2.24, 2.45) is 0 Å². The summed E-state index contributed by atoms with van der Waals surface area (Å²) < 4.78 is 2.97. The summed E-state index contributed by atoms with van der Waals surface area (Å²) in [5, 5.41) is 10.2. The number of benzene rings is 6. The lowest BCUT2D eigenvalue weighted by molar-refractivity contribution is 0.590. The van der Waals surface area contributed by atoms with Gasteiger partial charge in [0.15, 0.2) is 0 Å². The molecule has 0 radical (unpaired) electrons. The van der Waals surface area contributed by atoms with Crippen molar-refractivity contribution in [2.75, 3.05) is 4.44 Å². The molecule has 0 fully saturated rings. The molecule has 0 atom stereocenters. The van der Waals surface area contributed by atoms with E-state index in [9.17, 15) is 0 Å². The van der Waals surface area contributed by atoms with Gasteiger partial charge in [-0.25, -0.2) is 0 Å². The second-order valence-electron chi connectivity index (χ2n) is 23.4. The van der Waals surface area contributed by atoms with Gasteiger partial charge < -0.3 is 4.44 Å². The number of anilines is 1. The van der Waals surface area contributed by atoms with Crippen LogP contribution >= 0.6 is 16.1 Å². The van der Waals surface area contributed by atoms with Gasteiger partial charge in [-0.2, -0.15) is 0 Å². The largest absolute Gasteiger partial charge is 0.312 e. The van der Waals surface area contributed by atoms with Gasteiger partial charge in [-0.1, -0.05) is 293 Å². The van der Waals surface area contributed by atoms with Crippen molar-refractivity contribution in [2.45, 2.75) is 182 Å². The molecule has 0 spiro atoms. The van der Waals surface area contributed by atoms with Crippen LogP contribution in [0.25, 0.3) is 10.8 Å². The summed E-state index contributed by atoms with van der Waals surface area (Å²) in [4.78, 5) is 0. The van der Waals surface area contributed by atoms with Crippen molar-refractivity contribution in [1.82, 2.24) is 0 Å². The van der Waals surface area contributed by atoms with Crippen molar-refractivity contribution < 1.29 is 0 Å². The summed E-state index contributed by atoms with van der Waals surface area (Å²) in [6, 6.07) is 58.2. The molecule has 6 aromatic rings. The van der Waals surface area contributed by atoms with Crippen LogP contribution in [0, 0.1) is 0 Å². The number of hydrogen-bond donors (Lipinski definition) is 0. The molecule has 0 aromatic heterocycles. The fraction of sp³-hybridized carbons (Fsp3) is 0.452. The summed E-state index contributed by atoms with van der Waals surface area (Å²) in [7, 11) is -4.07. The predicted octanol–water partition coefficient (Wildman–Crippen LogP) is 17.0. The first-order valence-electron chi connectivity index (χ1n) is 25.5. The maximum atomic E-state index is 2.97. The molecular formula is C62H85NP2Si. The first kappa shape index (κ1) is 51.8. The Balaban J connectivity index is 1.77. The smallest absolute Gasteiger partial charge is 0.0875 e. The highest BCUT2D eigenvalue weighted by atomic mass is 31.2. The van der Waals surface area contributed by atoms with E-state index in [2.05, 4.69) is 242 Å². The van der Waals surface area contributed by atoms with Crippen LogP contribution in [0.5, 0.6) is 0 Å². The monoisotopic (exact) mass is 934 g/mol. The second kappa shape index (κ2) is 21.4. The molecule has 0 aliphatic carbocycles. The number of rotatable bonds is 17. The van der Waals surface area contributed by atoms with Gasteiger partial charge in [-0.15, -0.1) is 0 Å². The Morgan fingerprint density at radius 2 is 0.652 bits per heavy atom.